The third-order valence-electron chi connectivity index (χ3n) is 2.87. The zero-order valence-electron chi connectivity index (χ0n) is 10.4. The molecule has 0 aliphatic rings. The number of rotatable bonds is 6. The molecule has 2 N–H and O–H groups in total. The van der Waals surface area contributed by atoms with E-state index in [0.29, 0.717) is 17.4 Å². The fraction of sp³-hybridized carbons (Fsp3) is 0.538. The summed E-state index contributed by atoms with van der Waals surface area (Å²) in [6.45, 7) is 4.46. The fourth-order valence-electron chi connectivity index (χ4n) is 1.59. The third kappa shape index (κ3) is 4.56. The average molecular weight is 257 g/mol. The largest absolute Gasteiger partial charge is 0.326 e. The first-order chi connectivity index (χ1) is 8.06. The van der Waals surface area contributed by atoms with Crippen LogP contribution >= 0.6 is 0 Å². The van der Waals surface area contributed by atoms with Gasteiger partial charge in [0.25, 0.3) is 0 Å². The maximum atomic E-state index is 13.0. The molecule has 2 atom stereocenters. The van der Waals surface area contributed by atoms with Crippen LogP contribution in [0.1, 0.15) is 31.4 Å². The highest BCUT2D eigenvalue weighted by Gasteiger charge is 2.10. The van der Waals surface area contributed by atoms with Crippen molar-refractivity contribution in [2.45, 2.75) is 32.6 Å². The van der Waals surface area contributed by atoms with Crippen molar-refractivity contribution in [1.29, 1.82) is 0 Å². The van der Waals surface area contributed by atoms with Gasteiger partial charge in [-0.3, -0.25) is 4.21 Å². The molecule has 0 bridgehead atoms. The van der Waals surface area contributed by atoms with Gasteiger partial charge in [0, 0.05) is 28.9 Å². The lowest BCUT2D eigenvalue weighted by Crippen LogP contribution is -2.11. The van der Waals surface area contributed by atoms with Gasteiger partial charge in [0.05, 0.1) is 0 Å². The van der Waals surface area contributed by atoms with Crippen molar-refractivity contribution in [2.24, 2.45) is 11.7 Å². The van der Waals surface area contributed by atoms with E-state index in [9.17, 15) is 8.60 Å². The van der Waals surface area contributed by atoms with Gasteiger partial charge in [-0.2, -0.15) is 0 Å². The van der Waals surface area contributed by atoms with Gasteiger partial charge in [-0.15, -0.1) is 0 Å². The Morgan fingerprint density at radius 2 is 2.12 bits per heavy atom. The fourth-order valence-corrected chi connectivity index (χ4v) is 3.21. The standard InChI is InChI=1S/C13H20FNOS/c1-3-10(2)8-17(16)9-11-4-5-13(14)6-12(11)7-15/h4-6,10H,3,7-9,15H2,1-2H3. The van der Waals surface area contributed by atoms with E-state index >= 15 is 0 Å². The summed E-state index contributed by atoms with van der Waals surface area (Å²) >= 11 is 0. The molecule has 0 fully saturated rings. The van der Waals surface area contributed by atoms with E-state index in [1.807, 2.05) is 0 Å². The van der Waals surface area contributed by atoms with Crippen molar-refractivity contribution < 1.29 is 8.60 Å². The van der Waals surface area contributed by atoms with E-state index in [0.717, 1.165) is 17.5 Å². The molecule has 0 amide bonds. The van der Waals surface area contributed by atoms with Crippen LogP contribution < -0.4 is 5.73 Å². The van der Waals surface area contributed by atoms with Crippen LogP contribution in [0.25, 0.3) is 0 Å². The van der Waals surface area contributed by atoms with Crippen molar-refractivity contribution in [1.82, 2.24) is 0 Å². The molecular weight excluding hydrogens is 237 g/mol. The van der Waals surface area contributed by atoms with Crippen molar-refractivity contribution in [2.75, 3.05) is 5.75 Å². The predicted octanol–water partition coefficient (Wildman–Crippen LogP) is 2.58. The number of nitrogens with two attached hydrogens (primary N) is 1. The predicted molar refractivity (Wildman–Crippen MR) is 70.5 cm³/mol. The van der Waals surface area contributed by atoms with E-state index in [-0.39, 0.29) is 12.4 Å². The van der Waals surface area contributed by atoms with Gasteiger partial charge in [0.2, 0.25) is 0 Å². The molecule has 0 saturated carbocycles. The zero-order valence-corrected chi connectivity index (χ0v) is 11.2. The van der Waals surface area contributed by atoms with Crippen LogP contribution in [-0.2, 0) is 23.1 Å². The van der Waals surface area contributed by atoms with Crippen LogP contribution in [0.4, 0.5) is 4.39 Å². The topological polar surface area (TPSA) is 43.1 Å². The number of benzene rings is 1. The molecule has 1 aromatic carbocycles. The van der Waals surface area contributed by atoms with E-state index in [1.165, 1.54) is 12.1 Å². The minimum absolute atomic E-state index is 0.285. The van der Waals surface area contributed by atoms with Gasteiger partial charge >= 0.3 is 0 Å². The summed E-state index contributed by atoms with van der Waals surface area (Å²) in [6.07, 6.45) is 1.03. The first-order valence-electron chi connectivity index (χ1n) is 5.89. The molecule has 4 heteroatoms. The zero-order chi connectivity index (χ0) is 12.8. The quantitative estimate of drug-likeness (QED) is 0.851. The summed E-state index contributed by atoms with van der Waals surface area (Å²) in [5, 5.41) is 0. The van der Waals surface area contributed by atoms with E-state index < -0.39 is 10.8 Å². The Hall–Kier alpha value is -0.740. The minimum Gasteiger partial charge on any atom is -0.326 e. The van der Waals surface area contributed by atoms with Crippen LogP contribution in [0.15, 0.2) is 18.2 Å². The average Bonchev–Trinajstić information content (AvgIpc) is 2.31. The molecule has 1 aromatic rings. The van der Waals surface area contributed by atoms with Gasteiger partial charge in [0.1, 0.15) is 5.82 Å². The molecule has 1 rings (SSSR count). The number of halogens is 1. The van der Waals surface area contributed by atoms with Gasteiger partial charge in [0.15, 0.2) is 0 Å². The molecule has 2 nitrogen and oxygen atoms in total. The third-order valence-corrected chi connectivity index (χ3v) is 4.45. The molecule has 2 unspecified atom stereocenters. The lowest BCUT2D eigenvalue weighted by Gasteiger charge is -2.10. The maximum absolute atomic E-state index is 13.0. The normalized spacial score (nSPS) is 14.6. The van der Waals surface area contributed by atoms with E-state index in [2.05, 4.69) is 13.8 Å². The first-order valence-corrected chi connectivity index (χ1v) is 7.38. The summed E-state index contributed by atoms with van der Waals surface area (Å²) in [4.78, 5) is 0. The molecule has 96 valence electrons. The lowest BCUT2D eigenvalue weighted by atomic mass is 10.1. The molecule has 0 aromatic heterocycles. The monoisotopic (exact) mass is 257 g/mol. The molecule has 0 radical (unpaired) electrons. The summed E-state index contributed by atoms with van der Waals surface area (Å²) in [7, 11) is -0.897. The Labute approximate surface area is 105 Å². The molecule has 0 heterocycles. The minimum atomic E-state index is -0.897. The van der Waals surface area contributed by atoms with Crippen LogP contribution in [-0.4, -0.2) is 9.96 Å². The maximum Gasteiger partial charge on any atom is 0.123 e. The number of hydrogen-bond acceptors (Lipinski definition) is 2. The van der Waals surface area contributed by atoms with Crippen molar-refractivity contribution in [3.63, 3.8) is 0 Å². The summed E-state index contributed by atoms with van der Waals surface area (Å²) < 4.78 is 24.9. The van der Waals surface area contributed by atoms with Gasteiger partial charge < -0.3 is 5.73 Å². The highest BCUT2D eigenvalue weighted by molar-refractivity contribution is 7.84. The molecule has 0 aliphatic heterocycles. The molecule has 0 saturated heterocycles. The Balaban J connectivity index is 2.71. The molecule has 0 aliphatic carbocycles. The van der Waals surface area contributed by atoms with E-state index in [4.69, 9.17) is 5.73 Å². The second-order valence-corrected chi connectivity index (χ2v) is 5.88. The molecular formula is C13H20FNOS. The van der Waals surface area contributed by atoms with Crippen LogP contribution in [0.5, 0.6) is 0 Å². The van der Waals surface area contributed by atoms with Crippen molar-refractivity contribution >= 4 is 10.8 Å². The summed E-state index contributed by atoms with van der Waals surface area (Å²) in [5.74, 6) is 1.33. The molecule has 0 spiro atoms. The summed E-state index contributed by atoms with van der Waals surface area (Å²) in [5.41, 5.74) is 7.21. The second kappa shape index (κ2) is 6.87. The van der Waals surface area contributed by atoms with Gasteiger partial charge in [-0.1, -0.05) is 26.3 Å². The summed E-state index contributed by atoms with van der Waals surface area (Å²) in [6, 6.07) is 4.51. The molecule has 17 heavy (non-hydrogen) atoms. The van der Waals surface area contributed by atoms with Crippen molar-refractivity contribution in [3.8, 4) is 0 Å². The van der Waals surface area contributed by atoms with Crippen LogP contribution in [0.3, 0.4) is 0 Å². The smallest absolute Gasteiger partial charge is 0.123 e. The van der Waals surface area contributed by atoms with Crippen LogP contribution in [0.2, 0.25) is 0 Å². The Bertz CT molecular complexity index is 395. The van der Waals surface area contributed by atoms with Gasteiger partial charge in [-0.05, 0) is 29.2 Å². The Morgan fingerprint density at radius 1 is 1.41 bits per heavy atom. The highest BCUT2D eigenvalue weighted by atomic mass is 32.2. The van der Waals surface area contributed by atoms with Crippen LogP contribution in [0, 0.1) is 11.7 Å². The number of hydrogen-bond donors (Lipinski definition) is 1. The SMILES string of the molecule is CCC(C)CS(=O)Cc1ccc(F)cc1CN. The highest BCUT2D eigenvalue weighted by Crippen LogP contribution is 2.14. The second-order valence-electron chi connectivity index (χ2n) is 4.38. The first kappa shape index (κ1) is 14.3. The van der Waals surface area contributed by atoms with E-state index in [1.54, 1.807) is 6.07 Å². The Kier molecular flexibility index (Phi) is 5.78. The van der Waals surface area contributed by atoms with Gasteiger partial charge in [-0.25, -0.2) is 4.39 Å². The Morgan fingerprint density at radius 3 is 2.71 bits per heavy atom. The lowest BCUT2D eigenvalue weighted by molar-refractivity contribution is 0.614. The van der Waals surface area contributed by atoms with Crippen molar-refractivity contribution in [3.05, 3.63) is 35.1 Å².